The van der Waals surface area contributed by atoms with Gasteiger partial charge in [0.15, 0.2) is 5.78 Å². The highest BCUT2D eigenvalue weighted by Gasteiger charge is 2.29. The molecule has 0 saturated heterocycles. The van der Waals surface area contributed by atoms with Gasteiger partial charge >= 0.3 is 0 Å². The fraction of sp³-hybridized carbons (Fsp3) is 0.364. The maximum atomic E-state index is 11.4. The summed E-state index contributed by atoms with van der Waals surface area (Å²) in [5.41, 5.74) is 0. The van der Waals surface area contributed by atoms with Crippen LogP contribution in [0.1, 0.15) is 12.8 Å². The molecule has 5 heteroatoms. The van der Waals surface area contributed by atoms with Gasteiger partial charge in [-0.25, -0.2) is 0 Å². The Balaban J connectivity index is 2.03. The van der Waals surface area contributed by atoms with Gasteiger partial charge in [-0.2, -0.15) is 0 Å². The number of halogens is 3. The van der Waals surface area contributed by atoms with Crippen LogP contribution in [0.5, 0.6) is 5.75 Å². The molecule has 1 fully saturated rings. The van der Waals surface area contributed by atoms with E-state index in [2.05, 4.69) is 0 Å². The van der Waals surface area contributed by atoms with Crippen molar-refractivity contribution in [3.63, 3.8) is 0 Å². The summed E-state index contributed by atoms with van der Waals surface area (Å²) in [5.74, 6) is 0.689. The van der Waals surface area contributed by atoms with Crippen molar-refractivity contribution in [3.8, 4) is 5.75 Å². The SMILES string of the molecule is O=C(COc1cc(Cl)c(Cl)cc1Cl)C1CC1. The zero-order valence-corrected chi connectivity index (χ0v) is 10.6. The second-order valence-electron chi connectivity index (χ2n) is 3.73. The van der Waals surface area contributed by atoms with E-state index in [9.17, 15) is 4.79 Å². The quantitative estimate of drug-likeness (QED) is 0.779. The van der Waals surface area contributed by atoms with E-state index in [4.69, 9.17) is 39.5 Å². The number of Topliss-reactive ketones (excluding diaryl/α,β-unsaturated/α-hetero) is 1. The molecule has 1 saturated carbocycles. The Hall–Kier alpha value is -0.440. The topological polar surface area (TPSA) is 26.3 Å². The lowest BCUT2D eigenvalue weighted by atomic mass is 10.3. The summed E-state index contributed by atoms with van der Waals surface area (Å²) in [6, 6.07) is 3.02. The first-order valence-corrected chi connectivity index (χ1v) is 6.01. The average Bonchev–Trinajstić information content (AvgIpc) is 3.04. The Morgan fingerprint density at radius 3 is 2.44 bits per heavy atom. The maximum absolute atomic E-state index is 11.4. The summed E-state index contributed by atoms with van der Waals surface area (Å²) in [6.07, 6.45) is 1.94. The fourth-order valence-corrected chi connectivity index (χ4v) is 1.88. The Labute approximate surface area is 108 Å². The molecule has 1 aliphatic carbocycles. The summed E-state index contributed by atoms with van der Waals surface area (Å²) < 4.78 is 5.31. The number of ether oxygens (including phenoxy) is 1. The second-order valence-corrected chi connectivity index (χ2v) is 4.95. The lowest BCUT2D eigenvalue weighted by Gasteiger charge is -2.08. The molecule has 1 aliphatic rings. The minimum atomic E-state index is 0.0440. The van der Waals surface area contributed by atoms with Crippen LogP contribution in [-0.2, 0) is 4.79 Å². The standard InChI is InChI=1S/C11H9Cl3O2/c12-7-3-9(14)11(4-8(7)13)16-5-10(15)6-1-2-6/h3-4,6H,1-2,5H2. The molecular formula is C11H9Cl3O2. The van der Waals surface area contributed by atoms with Crippen LogP contribution in [0.25, 0.3) is 0 Å². The van der Waals surface area contributed by atoms with Gasteiger partial charge < -0.3 is 4.74 Å². The van der Waals surface area contributed by atoms with Crippen LogP contribution in [-0.4, -0.2) is 12.4 Å². The lowest BCUT2D eigenvalue weighted by molar-refractivity contribution is -0.122. The predicted octanol–water partition coefficient (Wildman–Crippen LogP) is 4.00. The minimum Gasteiger partial charge on any atom is -0.484 e. The summed E-state index contributed by atoms with van der Waals surface area (Å²) in [7, 11) is 0. The van der Waals surface area contributed by atoms with Gasteiger partial charge in [0.05, 0.1) is 15.1 Å². The van der Waals surface area contributed by atoms with E-state index < -0.39 is 0 Å². The van der Waals surface area contributed by atoms with Gasteiger partial charge in [-0.3, -0.25) is 4.79 Å². The van der Waals surface area contributed by atoms with E-state index in [1.165, 1.54) is 12.1 Å². The Morgan fingerprint density at radius 2 is 1.81 bits per heavy atom. The van der Waals surface area contributed by atoms with E-state index in [1.807, 2.05) is 0 Å². The number of hydrogen-bond acceptors (Lipinski definition) is 2. The van der Waals surface area contributed by atoms with Crippen LogP contribution in [0.4, 0.5) is 0 Å². The number of carbonyl (C=O) groups is 1. The van der Waals surface area contributed by atoms with Crippen molar-refractivity contribution < 1.29 is 9.53 Å². The Morgan fingerprint density at radius 1 is 1.19 bits per heavy atom. The van der Waals surface area contributed by atoms with Crippen molar-refractivity contribution in [1.82, 2.24) is 0 Å². The van der Waals surface area contributed by atoms with Gasteiger partial charge in [-0.1, -0.05) is 34.8 Å². The van der Waals surface area contributed by atoms with Crippen LogP contribution < -0.4 is 4.74 Å². The molecule has 0 N–H and O–H groups in total. The van der Waals surface area contributed by atoms with Crippen molar-refractivity contribution in [3.05, 3.63) is 27.2 Å². The minimum absolute atomic E-state index is 0.0440. The first kappa shape index (κ1) is 12.0. The summed E-state index contributed by atoms with van der Waals surface area (Å²) in [6.45, 7) is 0.0440. The molecule has 0 radical (unpaired) electrons. The van der Waals surface area contributed by atoms with Crippen LogP contribution in [0.15, 0.2) is 12.1 Å². The fourth-order valence-electron chi connectivity index (χ4n) is 1.29. The van der Waals surface area contributed by atoms with Crippen LogP contribution in [0.3, 0.4) is 0 Å². The summed E-state index contributed by atoms with van der Waals surface area (Å²) >= 11 is 17.5. The van der Waals surface area contributed by atoms with Crippen molar-refractivity contribution in [1.29, 1.82) is 0 Å². The predicted molar refractivity (Wildman–Crippen MR) is 64.7 cm³/mol. The first-order valence-electron chi connectivity index (χ1n) is 4.88. The first-order chi connectivity index (χ1) is 7.58. The number of ketones is 1. The summed E-state index contributed by atoms with van der Waals surface area (Å²) in [4.78, 5) is 11.4. The molecule has 0 bridgehead atoms. The highest BCUT2D eigenvalue weighted by Crippen LogP contribution is 2.34. The number of carbonyl (C=O) groups excluding carboxylic acids is 1. The van der Waals surface area contributed by atoms with Crippen LogP contribution >= 0.6 is 34.8 Å². The van der Waals surface area contributed by atoms with Gasteiger partial charge in [-0.05, 0) is 18.9 Å². The molecule has 16 heavy (non-hydrogen) atoms. The molecule has 86 valence electrons. The highest BCUT2D eigenvalue weighted by atomic mass is 35.5. The largest absolute Gasteiger partial charge is 0.484 e. The second kappa shape index (κ2) is 4.82. The van der Waals surface area contributed by atoms with E-state index in [1.54, 1.807) is 0 Å². The van der Waals surface area contributed by atoms with Gasteiger partial charge in [0.2, 0.25) is 0 Å². The number of rotatable bonds is 4. The summed E-state index contributed by atoms with van der Waals surface area (Å²) in [5, 5.41) is 1.09. The van der Waals surface area contributed by atoms with Crippen LogP contribution in [0, 0.1) is 5.92 Å². The molecule has 1 aromatic carbocycles. The average molecular weight is 280 g/mol. The van der Waals surface area contributed by atoms with Crippen molar-refractivity contribution in [2.75, 3.05) is 6.61 Å². The smallest absolute Gasteiger partial charge is 0.173 e. The Kier molecular flexibility index (Phi) is 3.63. The third-order valence-electron chi connectivity index (χ3n) is 2.38. The number of hydrogen-bond donors (Lipinski definition) is 0. The zero-order chi connectivity index (χ0) is 11.7. The maximum Gasteiger partial charge on any atom is 0.173 e. The van der Waals surface area contributed by atoms with E-state index in [-0.39, 0.29) is 18.3 Å². The van der Waals surface area contributed by atoms with Crippen molar-refractivity contribution >= 4 is 40.6 Å². The monoisotopic (exact) mass is 278 g/mol. The van der Waals surface area contributed by atoms with Gasteiger partial charge in [0.25, 0.3) is 0 Å². The molecule has 1 aromatic rings. The molecule has 0 unspecified atom stereocenters. The third-order valence-corrected chi connectivity index (χ3v) is 3.39. The zero-order valence-electron chi connectivity index (χ0n) is 8.30. The van der Waals surface area contributed by atoms with Crippen LogP contribution in [0.2, 0.25) is 15.1 Å². The molecule has 2 rings (SSSR count). The van der Waals surface area contributed by atoms with Crippen molar-refractivity contribution in [2.45, 2.75) is 12.8 Å². The Bertz CT molecular complexity index is 427. The highest BCUT2D eigenvalue weighted by molar-refractivity contribution is 6.43. The third kappa shape index (κ3) is 2.82. The normalized spacial score (nSPS) is 14.9. The lowest BCUT2D eigenvalue weighted by Crippen LogP contribution is -2.12. The van der Waals surface area contributed by atoms with E-state index in [0.717, 1.165) is 12.8 Å². The van der Waals surface area contributed by atoms with Crippen molar-refractivity contribution in [2.24, 2.45) is 5.92 Å². The number of benzene rings is 1. The molecule has 0 spiro atoms. The van der Waals surface area contributed by atoms with E-state index in [0.29, 0.717) is 20.8 Å². The van der Waals surface area contributed by atoms with Gasteiger partial charge in [-0.15, -0.1) is 0 Å². The molecule has 0 aliphatic heterocycles. The van der Waals surface area contributed by atoms with Gasteiger partial charge in [0, 0.05) is 12.0 Å². The molecule has 0 amide bonds. The molecule has 2 nitrogen and oxygen atoms in total. The van der Waals surface area contributed by atoms with Gasteiger partial charge in [0.1, 0.15) is 12.4 Å². The molecule has 0 aromatic heterocycles. The molecule has 0 atom stereocenters. The molecular weight excluding hydrogens is 270 g/mol. The molecule has 0 heterocycles. The van der Waals surface area contributed by atoms with E-state index >= 15 is 0 Å².